The summed E-state index contributed by atoms with van der Waals surface area (Å²) in [6.45, 7) is 4.82. The van der Waals surface area contributed by atoms with E-state index in [9.17, 15) is 0 Å². The van der Waals surface area contributed by atoms with Crippen molar-refractivity contribution in [1.29, 1.82) is 0 Å². The minimum atomic E-state index is 0. The number of hydrogen-bond acceptors (Lipinski definition) is 1. The molecule has 0 aliphatic carbocycles. The van der Waals surface area contributed by atoms with Crippen molar-refractivity contribution in [3.8, 4) is 0 Å². The minimum absolute atomic E-state index is 0. The van der Waals surface area contributed by atoms with Gasteiger partial charge in [-0.3, -0.25) is 0 Å². The number of anilines is 1. The molecule has 1 aromatic heterocycles. The second-order valence-electron chi connectivity index (χ2n) is 3.51. The highest BCUT2D eigenvalue weighted by Gasteiger charge is 2.22. The molecule has 1 aromatic rings. The maximum atomic E-state index is 5.61. The van der Waals surface area contributed by atoms with Gasteiger partial charge in [0.25, 0.3) is 0 Å². The Balaban J connectivity index is 0. The van der Waals surface area contributed by atoms with E-state index in [4.69, 9.17) is 5.73 Å². The molecular formula is C9H17Cl3N4. The normalized spacial score (nSPS) is 15.2. The SMILES string of the molecule is Nc1ccc([NH+]2CC[NH2+]CC2)[nH+]c1.[Cl-].[Cl-].[Cl-]. The van der Waals surface area contributed by atoms with Crippen LogP contribution in [0.5, 0.6) is 0 Å². The van der Waals surface area contributed by atoms with Gasteiger partial charge in [-0.05, 0) is 6.07 Å². The zero-order chi connectivity index (χ0) is 9.10. The van der Waals surface area contributed by atoms with E-state index in [1.165, 1.54) is 36.9 Å². The minimum Gasteiger partial charge on any atom is -1.00 e. The van der Waals surface area contributed by atoms with Gasteiger partial charge in [0.05, 0.1) is 11.8 Å². The smallest absolute Gasteiger partial charge is 0.366 e. The Labute approximate surface area is 114 Å². The topological polar surface area (TPSA) is 61.2 Å². The van der Waals surface area contributed by atoms with E-state index in [-0.39, 0.29) is 37.2 Å². The molecule has 0 bridgehead atoms. The summed E-state index contributed by atoms with van der Waals surface area (Å²) in [6.07, 6.45) is 1.86. The summed E-state index contributed by atoms with van der Waals surface area (Å²) in [7, 11) is 0. The standard InChI is InChI=1S/C9H14N4.3ClH/c10-8-1-2-9(12-7-8)13-5-3-11-4-6-13;;;/h1-2,7,11H,3-6,10H2;3*1H. The maximum Gasteiger partial charge on any atom is 0.366 e. The van der Waals surface area contributed by atoms with E-state index in [0.29, 0.717) is 0 Å². The van der Waals surface area contributed by atoms with E-state index in [0.717, 1.165) is 5.69 Å². The maximum absolute atomic E-state index is 5.61. The first-order chi connectivity index (χ1) is 6.36. The van der Waals surface area contributed by atoms with Crippen molar-refractivity contribution in [1.82, 2.24) is 0 Å². The largest absolute Gasteiger partial charge is 1.00 e. The molecule has 0 spiro atoms. The molecule has 1 fully saturated rings. The predicted octanol–water partition coefficient (Wildman–Crippen LogP) is -11.8. The van der Waals surface area contributed by atoms with Gasteiger partial charge in [0, 0.05) is 0 Å². The molecular weight excluding hydrogens is 270 g/mol. The van der Waals surface area contributed by atoms with Crippen molar-refractivity contribution in [3.63, 3.8) is 0 Å². The number of halogens is 3. The average Bonchev–Trinajstić information content (AvgIpc) is 2.20. The molecule has 4 nitrogen and oxygen atoms in total. The van der Waals surface area contributed by atoms with Crippen LogP contribution in [0.2, 0.25) is 0 Å². The van der Waals surface area contributed by atoms with Crippen LogP contribution >= 0.6 is 0 Å². The lowest BCUT2D eigenvalue weighted by Crippen LogP contribution is -3.17. The van der Waals surface area contributed by atoms with Gasteiger partial charge in [-0.2, -0.15) is 4.98 Å². The third-order valence-corrected chi connectivity index (χ3v) is 2.52. The molecule has 0 saturated carbocycles. The van der Waals surface area contributed by atoms with Crippen LogP contribution in [0, 0.1) is 0 Å². The van der Waals surface area contributed by atoms with Crippen molar-refractivity contribution in [2.75, 3.05) is 31.9 Å². The van der Waals surface area contributed by atoms with Gasteiger partial charge in [-0.25, -0.2) is 4.90 Å². The van der Waals surface area contributed by atoms with Crippen LogP contribution in [0.1, 0.15) is 0 Å². The van der Waals surface area contributed by atoms with Gasteiger partial charge in [0.1, 0.15) is 26.2 Å². The summed E-state index contributed by atoms with van der Waals surface area (Å²) in [5.74, 6) is 1.25. The van der Waals surface area contributed by atoms with Crippen LogP contribution in [0.15, 0.2) is 18.3 Å². The molecule has 16 heavy (non-hydrogen) atoms. The zero-order valence-electron chi connectivity index (χ0n) is 8.85. The van der Waals surface area contributed by atoms with Gasteiger partial charge >= 0.3 is 5.82 Å². The lowest BCUT2D eigenvalue weighted by molar-refractivity contribution is -0.919. The molecule has 0 radical (unpaired) electrons. The van der Waals surface area contributed by atoms with Crippen molar-refractivity contribution in [2.24, 2.45) is 0 Å². The highest BCUT2D eigenvalue weighted by Crippen LogP contribution is 1.96. The molecule has 1 aliphatic heterocycles. The van der Waals surface area contributed by atoms with Gasteiger partial charge in [0.15, 0.2) is 6.20 Å². The summed E-state index contributed by atoms with van der Waals surface area (Å²) in [5, 5.41) is 2.36. The van der Waals surface area contributed by atoms with Gasteiger partial charge in [0.2, 0.25) is 0 Å². The predicted molar refractivity (Wildman–Crippen MR) is 49.4 cm³/mol. The number of rotatable bonds is 1. The summed E-state index contributed by atoms with van der Waals surface area (Å²) in [4.78, 5) is 4.76. The number of pyridine rings is 1. The number of hydrogen-bond donors (Lipinski definition) is 3. The molecule has 7 heteroatoms. The number of nitrogen functional groups attached to an aromatic ring is 1. The highest BCUT2D eigenvalue weighted by molar-refractivity contribution is 5.33. The summed E-state index contributed by atoms with van der Waals surface area (Å²) >= 11 is 0. The van der Waals surface area contributed by atoms with E-state index in [1.54, 1.807) is 0 Å². The number of aromatic amines is 1. The fourth-order valence-corrected chi connectivity index (χ4v) is 1.75. The Morgan fingerprint density at radius 1 is 1.12 bits per heavy atom. The van der Waals surface area contributed by atoms with E-state index in [2.05, 4.69) is 16.4 Å². The van der Waals surface area contributed by atoms with Crippen LogP contribution in [-0.2, 0) is 0 Å². The highest BCUT2D eigenvalue weighted by atomic mass is 35.5. The Morgan fingerprint density at radius 2 is 1.75 bits per heavy atom. The number of quaternary nitrogens is 2. The van der Waals surface area contributed by atoms with Crippen molar-refractivity contribution >= 4 is 11.5 Å². The molecule has 0 aromatic carbocycles. The molecule has 1 saturated heterocycles. The number of aromatic nitrogens is 1. The van der Waals surface area contributed by atoms with Crippen LogP contribution in [-0.4, -0.2) is 26.2 Å². The molecule has 0 atom stereocenters. The van der Waals surface area contributed by atoms with Crippen molar-refractivity contribution in [2.45, 2.75) is 0 Å². The van der Waals surface area contributed by atoms with Gasteiger partial charge in [-0.15, -0.1) is 0 Å². The van der Waals surface area contributed by atoms with Crippen molar-refractivity contribution in [3.05, 3.63) is 18.3 Å². The van der Waals surface area contributed by atoms with Gasteiger partial charge in [-0.1, -0.05) is 0 Å². The molecule has 94 valence electrons. The number of nitrogens with one attached hydrogen (secondary N) is 2. The lowest BCUT2D eigenvalue weighted by Gasteiger charge is -2.17. The Bertz CT molecular complexity index is 275. The summed E-state index contributed by atoms with van der Waals surface area (Å²) < 4.78 is 0. The first-order valence-corrected chi connectivity index (χ1v) is 4.80. The van der Waals surface area contributed by atoms with Crippen molar-refractivity contribution < 1.29 is 52.4 Å². The monoisotopic (exact) mass is 286 g/mol. The molecule has 0 unspecified atom stereocenters. The molecule has 2 rings (SSSR count). The Kier molecular flexibility index (Phi) is 10.0. The second kappa shape index (κ2) is 8.84. The average molecular weight is 288 g/mol. The van der Waals surface area contributed by atoms with E-state index >= 15 is 0 Å². The fourth-order valence-electron chi connectivity index (χ4n) is 1.75. The molecule has 6 N–H and O–H groups in total. The Morgan fingerprint density at radius 3 is 2.25 bits per heavy atom. The third kappa shape index (κ3) is 4.72. The van der Waals surface area contributed by atoms with E-state index in [1.807, 2.05) is 12.3 Å². The quantitative estimate of drug-likeness (QED) is 0.472. The molecule has 2 heterocycles. The fraction of sp³-hybridized carbons (Fsp3) is 0.444. The lowest BCUT2D eigenvalue weighted by atomic mass is 10.3. The number of H-pyrrole nitrogens is 1. The summed E-state index contributed by atoms with van der Waals surface area (Å²) in [6, 6.07) is 4.03. The first-order valence-electron chi connectivity index (χ1n) is 4.80. The number of nitrogens with two attached hydrogens (primary N) is 2. The zero-order valence-corrected chi connectivity index (χ0v) is 11.1. The van der Waals surface area contributed by atoms with Crippen LogP contribution in [0.3, 0.4) is 0 Å². The molecule has 1 aliphatic rings. The van der Waals surface area contributed by atoms with Crippen LogP contribution in [0.25, 0.3) is 0 Å². The van der Waals surface area contributed by atoms with Crippen LogP contribution in [0.4, 0.5) is 11.5 Å². The molecule has 0 amide bonds. The van der Waals surface area contributed by atoms with Crippen LogP contribution < -0.4 is 58.2 Å². The third-order valence-electron chi connectivity index (χ3n) is 2.52. The summed E-state index contributed by atoms with van der Waals surface area (Å²) in [5.41, 5.74) is 6.41. The first kappa shape index (κ1) is 18.1. The van der Waals surface area contributed by atoms with Gasteiger partial charge < -0.3 is 48.3 Å². The number of piperazine rings is 1. The van der Waals surface area contributed by atoms with E-state index < -0.39 is 0 Å². The second-order valence-corrected chi connectivity index (χ2v) is 3.51. The Hall–Kier alpha value is -0.260.